The number of ketones is 1. The highest BCUT2D eigenvalue weighted by Crippen LogP contribution is 2.27. The van der Waals surface area contributed by atoms with Crippen LogP contribution in [-0.2, 0) is 11.2 Å². The molecule has 1 amide bonds. The number of likely N-dealkylation sites (tertiary alicyclic amines) is 1. The molecule has 1 aliphatic rings. The van der Waals surface area contributed by atoms with Crippen LogP contribution in [0.5, 0.6) is 5.75 Å². The lowest BCUT2D eigenvalue weighted by atomic mass is 9.88. The Kier molecular flexibility index (Phi) is 7.14. The monoisotopic (exact) mass is 437 g/mol. The summed E-state index contributed by atoms with van der Waals surface area (Å²) < 4.78 is 18.7. The lowest BCUT2D eigenvalue weighted by Crippen LogP contribution is -2.40. The summed E-state index contributed by atoms with van der Waals surface area (Å²) in [6.45, 7) is 1.07. The second kappa shape index (κ2) is 9.59. The largest absolute Gasteiger partial charge is 0.494 e. The number of hydrogen-bond donors (Lipinski definition) is 0. The van der Waals surface area contributed by atoms with E-state index in [4.69, 9.17) is 27.9 Å². The van der Waals surface area contributed by atoms with Gasteiger partial charge in [-0.2, -0.15) is 0 Å². The maximum Gasteiger partial charge on any atom is 0.222 e. The van der Waals surface area contributed by atoms with E-state index >= 15 is 0 Å². The number of benzene rings is 2. The first-order valence-electron chi connectivity index (χ1n) is 9.48. The van der Waals surface area contributed by atoms with Crippen molar-refractivity contribution in [2.24, 2.45) is 5.92 Å². The van der Waals surface area contributed by atoms with E-state index in [1.807, 2.05) is 0 Å². The van der Waals surface area contributed by atoms with Crippen LogP contribution in [0, 0.1) is 11.7 Å². The van der Waals surface area contributed by atoms with E-state index in [-0.39, 0.29) is 23.4 Å². The van der Waals surface area contributed by atoms with Gasteiger partial charge < -0.3 is 9.64 Å². The zero-order valence-corrected chi connectivity index (χ0v) is 17.6. The van der Waals surface area contributed by atoms with Gasteiger partial charge in [0.05, 0.1) is 17.2 Å². The van der Waals surface area contributed by atoms with Crippen molar-refractivity contribution in [2.45, 2.75) is 25.7 Å². The summed E-state index contributed by atoms with van der Waals surface area (Å²) in [7, 11) is 1.41. The average molecular weight is 438 g/mol. The number of carbonyl (C=O) groups excluding carboxylic acids is 2. The van der Waals surface area contributed by atoms with Gasteiger partial charge in [-0.3, -0.25) is 9.59 Å². The minimum absolute atomic E-state index is 0.0154. The van der Waals surface area contributed by atoms with E-state index in [0.29, 0.717) is 54.4 Å². The minimum Gasteiger partial charge on any atom is -0.494 e. The summed E-state index contributed by atoms with van der Waals surface area (Å²) in [6.07, 6.45) is 1.99. The Hall–Kier alpha value is -2.11. The van der Waals surface area contributed by atoms with Gasteiger partial charge in [-0.25, -0.2) is 4.39 Å². The van der Waals surface area contributed by atoms with Gasteiger partial charge >= 0.3 is 0 Å². The first-order chi connectivity index (χ1) is 13.9. The molecule has 0 spiro atoms. The average Bonchev–Trinajstić information content (AvgIpc) is 2.73. The van der Waals surface area contributed by atoms with Crippen molar-refractivity contribution in [3.05, 3.63) is 63.4 Å². The van der Waals surface area contributed by atoms with Gasteiger partial charge in [0, 0.05) is 31.0 Å². The lowest BCUT2D eigenvalue weighted by molar-refractivity contribution is -0.132. The third-order valence-corrected chi connectivity index (χ3v) is 6.01. The molecule has 154 valence electrons. The van der Waals surface area contributed by atoms with Crippen molar-refractivity contribution in [1.29, 1.82) is 0 Å². The topological polar surface area (TPSA) is 46.6 Å². The second-order valence-corrected chi connectivity index (χ2v) is 7.93. The SMILES string of the molecule is COc1ccc(CCC(=O)N2CCC(C(=O)c3ccc(Cl)c(Cl)c3)CC2)cc1F. The third-order valence-electron chi connectivity index (χ3n) is 5.27. The molecule has 3 rings (SSSR count). The summed E-state index contributed by atoms with van der Waals surface area (Å²) in [6, 6.07) is 9.62. The van der Waals surface area contributed by atoms with Crippen LogP contribution in [-0.4, -0.2) is 36.8 Å². The van der Waals surface area contributed by atoms with Crippen LogP contribution in [0.15, 0.2) is 36.4 Å². The molecule has 0 atom stereocenters. The van der Waals surface area contributed by atoms with Crippen LogP contribution in [0.3, 0.4) is 0 Å². The number of methoxy groups -OCH3 is 1. The van der Waals surface area contributed by atoms with Gasteiger partial charge in [-0.1, -0.05) is 29.3 Å². The molecule has 2 aromatic rings. The molecule has 29 heavy (non-hydrogen) atoms. The molecule has 0 unspecified atom stereocenters. The summed E-state index contributed by atoms with van der Waals surface area (Å²) in [5.41, 5.74) is 1.30. The molecule has 2 aromatic carbocycles. The predicted molar refractivity (Wildman–Crippen MR) is 111 cm³/mol. The molecule has 0 bridgehead atoms. The first kappa shape index (κ1) is 21.6. The fraction of sp³-hybridized carbons (Fsp3) is 0.364. The normalized spacial score (nSPS) is 14.7. The van der Waals surface area contributed by atoms with Crippen molar-refractivity contribution >= 4 is 34.9 Å². The van der Waals surface area contributed by atoms with E-state index in [9.17, 15) is 14.0 Å². The zero-order valence-electron chi connectivity index (χ0n) is 16.1. The standard InChI is InChI=1S/C22H22Cl2FNO3/c1-29-20-6-2-14(12-19(20)25)3-7-21(27)26-10-8-15(9-11-26)22(28)16-4-5-17(23)18(24)13-16/h2,4-6,12-13,15H,3,7-11H2,1H3. The summed E-state index contributed by atoms with van der Waals surface area (Å²) >= 11 is 11.9. The molecule has 0 aliphatic carbocycles. The molecule has 1 heterocycles. The number of hydrogen-bond acceptors (Lipinski definition) is 3. The van der Waals surface area contributed by atoms with Crippen molar-refractivity contribution in [3.8, 4) is 5.75 Å². The van der Waals surface area contributed by atoms with Crippen LogP contribution in [0.25, 0.3) is 0 Å². The Labute approximate surface area is 179 Å². The summed E-state index contributed by atoms with van der Waals surface area (Å²) in [4.78, 5) is 27.0. The number of piperidine rings is 1. The molecular weight excluding hydrogens is 416 g/mol. The Morgan fingerprint density at radius 1 is 1.10 bits per heavy atom. The Morgan fingerprint density at radius 2 is 1.83 bits per heavy atom. The number of halogens is 3. The number of rotatable bonds is 6. The number of ether oxygens (including phenoxy) is 1. The first-order valence-corrected chi connectivity index (χ1v) is 10.2. The highest BCUT2D eigenvalue weighted by Gasteiger charge is 2.28. The van der Waals surface area contributed by atoms with Gasteiger partial charge in [-0.15, -0.1) is 0 Å². The molecule has 0 N–H and O–H groups in total. The van der Waals surface area contributed by atoms with E-state index in [2.05, 4.69) is 0 Å². The van der Waals surface area contributed by atoms with Gasteiger partial charge in [0.25, 0.3) is 0 Å². The van der Waals surface area contributed by atoms with Gasteiger partial charge in [0.15, 0.2) is 17.3 Å². The third kappa shape index (κ3) is 5.28. The number of Topliss-reactive ketones (excluding diaryl/α,β-unsaturated/α-hetero) is 1. The number of nitrogens with zero attached hydrogens (tertiary/aromatic N) is 1. The molecule has 1 aliphatic heterocycles. The fourth-order valence-electron chi connectivity index (χ4n) is 3.55. The van der Waals surface area contributed by atoms with Gasteiger partial charge in [0.2, 0.25) is 5.91 Å². The van der Waals surface area contributed by atoms with Crippen molar-refractivity contribution in [3.63, 3.8) is 0 Å². The van der Waals surface area contributed by atoms with E-state index in [1.165, 1.54) is 13.2 Å². The van der Waals surface area contributed by atoms with Crippen LogP contribution in [0.2, 0.25) is 10.0 Å². The molecular formula is C22H22Cl2FNO3. The van der Waals surface area contributed by atoms with Crippen molar-refractivity contribution in [1.82, 2.24) is 4.90 Å². The maximum atomic E-state index is 13.8. The molecule has 0 saturated carbocycles. The molecule has 0 radical (unpaired) electrons. The Bertz CT molecular complexity index is 911. The highest BCUT2D eigenvalue weighted by molar-refractivity contribution is 6.42. The smallest absolute Gasteiger partial charge is 0.222 e. The zero-order chi connectivity index (χ0) is 21.0. The summed E-state index contributed by atoms with van der Waals surface area (Å²) in [5.74, 6) is -0.328. The minimum atomic E-state index is -0.431. The lowest BCUT2D eigenvalue weighted by Gasteiger charge is -2.31. The molecule has 0 aromatic heterocycles. The van der Waals surface area contributed by atoms with E-state index in [1.54, 1.807) is 35.2 Å². The van der Waals surface area contributed by atoms with Crippen molar-refractivity contribution in [2.75, 3.05) is 20.2 Å². The van der Waals surface area contributed by atoms with Gasteiger partial charge in [0.1, 0.15) is 0 Å². The highest BCUT2D eigenvalue weighted by atomic mass is 35.5. The Balaban J connectivity index is 1.50. The Morgan fingerprint density at radius 3 is 2.45 bits per heavy atom. The van der Waals surface area contributed by atoms with Crippen LogP contribution >= 0.6 is 23.2 Å². The quantitative estimate of drug-likeness (QED) is 0.583. The number of aryl methyl sites for hydroxylation is 1. The molecule has 1 saturated heterocycles. The fourth-order valence-corrected chi connectivity index (χ4v) is 3.85. The molecule has 7 heteroatoms. The van der Waals surface area contributed by atoms with Crippen molar-refractivity contribution < 1.29 is 18.7 Å². The van der Waals surface area contributed by atoms with Crippen LogP contribution < -0.4 is 4.74 Å². The van der Waals surface area contributed by atoms with E-state index in [0.717, 1.165) is 5.56 Å². The van der Waals surface area contributed by atoms with Gasteiger partial charge in [-0.05, 0) is 55.2 Å². The van der Waals surface area contributed by atoms with Crippen LogP contribution in [0.4, 0.5) is 4.39 Å². The predicted octanol–water partition coefficient (Wildman–Crippen LogP) is 5.20. The maximum absolute atomic E-state index is 13.8. The molecule has 1 fully saturated rings. The molecule has 4 nitrogen and oxygen atoms in total. The second-order valence-electron chi connectivity index (χ2n) is 7.12. The summed E-state index contributed by atoms with van der Waals surface area (Å²) in [5, 5.41) is 0.778. The number of carbonyl (C=O) groups is 2. The van der Waals surface area contributed by atoms with E-state index < -0.39 is 5.82 Å². The van der Waals surface area contributed by atoms with Crippen LogP contribution in [0.1, 0.15) is 35.2 Å². The number of amides is 1.